The van der Waals surface area contributed by atoms with E-state index >= 15 is 0 Å². The summed E-state index contributed by atoms with van der Waals surface area (Å²) in [5, 5.41) is 2.52. The molecule has 0 aromatic heterocycles. The van der Waals surface area contributed by atoms with E-state index in [2.05, 4.69) is 5.32 Å². The van der Waals surface area contributed by atoms with Crippen LogP contribution in [0.3, 0.4) is 0 Å². The van der Waals surface area contributed by atoms with Crippen LogP contribution in [0.25, 0.3) is 0 Å². The highest BCUT2D eigenvalue weighted by molar-refractivity contribution is 6.32. The van der Waals surface area contributed by atoms with E-state index in [0.29, 0.717) is 12.4 Å². The quantitative estimate of drug-likeness (QED) is 0.489. The molecule has 0 saturated carbocycles. The summed E-state index contributed by atoms with van der Waals surface area (Å²) >= 11 is 6.19. The molecule has 1 amide bonds. The van der Waals surface area contributed by atoms with Crippen LogP contribution in [0, 0.1) is 5.82 Å². The molecule has 0 heterocycles. The summed E-state index contributed by atoms with van der Waals surface area (Å²) in [6.45, 7) is 1.91. The molecule has 0 aliphatic rings. The average Bonchev–Trinajstić information content (AvgIpc) is 2.68. The van der Waals surface area contributed by atoms with Gasteiger partial charge >= 0.3 is 5.97 Å². The zero-order chi connectivity index (χ0) is 20.5. The zero-order valence-electron chi connectivity index (χ0n) is 15.6. The van der Waals surface area contributed by atoms with Gasteiger partial charge in [0.05, 0.1) is 30.0 Å². The molecule has 0 unspecified atom stereocenters. The number of ether oxygens (including phenoxy) is 3. The number of hydrogen-bond donors (Lipinski definition) is 1. The summed E-state index contributed by atoms with van der Waals surface area (Å²) in [5.41, 5.74) is 0.102. The Labute approximate surface area is 167 Å². The molecular weight excluding hydrogens is 389 g/mol. The van der Waals surface area contributed by atoms with E-state index in [4.69, 9.17) is 25.8 Å². The molecule has 2 aromatic carbocycles. The fourth-order valence-electron chi connectivity index (χ4n) is 2.26. The van der Waals surface area contributed by atoms with Crippen LogP contribution in [0.4, 0.5) is 10.1 Å². The van der Waals surface area contributed by atoms with Crippen molar-refractivity contribution in [3.63, 3.8) is 0 Å². The van der Waals surface area contributed by atoms with E-state index in [-0.39, 0.29) is 22.0 Å². The highest BCUT2D eigenvalue weighted by Crippen LogP contribution is 2.36. The van der Waals surface area contributed by atoms with Crippen LogP contribution in [0.5, 0.6) is 11.5 Å². The molecular formula is C20H21ClFNO5. The highest BCUT2D eigenvalue weighted by Gasteiger charge is 2.18. The molecule has 0 aliphatic carbocycles. The van der Waals surface area contributed by atoms with E-state index < -0.39 is 24.3 Å². The number of esters is 1. The molecule has 150 valence electrons. The normalized spacial score (nSPS) is 10.3. The number of amides is 1. The zero-order valence-corrected chi connectivity index (χ0v) is 16.3. The van der Waals surface area contributed by atoms with Gasteiger partial charge in [-0.15, -0.1) is 0 Å². The SMILES string of the molecule is CCCCOc1c(Cl)cc(C(=O)OCC(=O)Nc2ccccc2F)cc1OC. The summed E-state index contributed by atoms with van der Waals surface area (Å²) in [4.78, 5) is 24.1. The Bertz CT molecular complexity index is 843. The Morgan fingerprint density at radius 2 is 1.96 bits per heavy atom. The van der Waals surface area contributed by atoms with Gasteiger partial charge < -0.3 is 19.5 Å². The van der Waals surface area contributed by atoms with Gasteiger partial charge in [-0.25, -0.2) is 9.18 Å². The minimum absolute atomic E-state index is 0.00171. The van der Waals surface area contributed by atoms with Gasteiger partial charge in [0.25, 0.3) is 5.91 Å². The van der Waals surface area contributed by atoms with E-state index in [0.717, 1.165) is 12.8 Å². The monoisotopic (exact) mass is 409 g/mol. The van der Waals surface area contributed by atoms with Gasteiger partial charge in [0.1, 0.15) is 5.82 Å². The van der Waals surface area contributed by atoms with Gasteiger partial charge in [-0.2, -0.15) is 0 Å². The van der Waals surface area contributed by atoms with Crippen LogP contribution in [0.1, 0.15) is 30.1 Å². The predicted octanol–water partition coefficient (Wildman–Crippen LogP) is 4.46. The third kappa shape index (κ3) is 5.85. The molecule has 0 radical (unpaired) electrons. The predicted molar refractivity (Wildman–Crippen MR) is 104 cm³/mol. The van der Waals surface area contributed by atoms with E-state index in [9.17, 15) is 14.0 Å². The average molecular weight is 410 g/mol. The number of carbonyl (C=O) groups is 2. The lowest BCUT2D eigenvalue weighted by molar-refractivity contribution is -0.119. The van der Waals surface area contributed by atoms with Crippen LogP contribution in [0.15, 0.2) is 36.4 Å². The van der Waals surface area contributed by atoms with Crippen LogP contribution < -0.4 is 14.8 Å². The Hall–Kier alpha value is -2.80. The van der Waals surface area contributed by atoms with Gasteiger partial charge in [-0.1, -0.05) is 37.1 Å². The molecule has 6 nitrogen and oxygen atoms in total. The summed E-state index contributed by atoms with van der Waals surface area (Å²) in [6, 6.07) is 8.48. The molecule has 1 N–H and O–H groups in total. The van der Waals surface area contributed by atoms with Gasteiger partial charge in [-0.05, 0) is 30.7 Å². The van der Waals surface area contributed by atoms with Gasteiger partial charge in [0.15, 0.2) is 18.1 Å². The van der Waals surface area contributed by atoms with Crippen molar-refractivity contribution in [1.82, 2.24) is 0 Å². The number of nitrogens with one attached hydrogen (secondary N) is 1. The first-order valence-electron chi connectivity index (χ1n) is 8.68. The molecule has 0 saturated heterocycles. The molecule has 0 fully saturated rings. The lowest BCUT2D eigenvalue weighted by Crippen LogP contribution is -2.21. The standard InChI is InChI=1S/C20H21ClFNO5/c1-3-4-9-27-19-14(21)10-13(11-17(19)26-2)20(25)28-12-18(24)23-16-8-6-5-7-15(16)22/h5-8,10-11H,3-4,9,12H2,1-2H3,(H,23,24). The maximum absolute atomic E-state index is 13.5. The molecule has 0 atom stereocenters. The fourth-order valence-corrected chi connectivity index (χ4v) is 2.52. The fraction of sp³-hybridized carbons (Fsp3) is 0.300. The smallest absolute Gasteiger partial charge is 0.338 e. The van der Waals surface area contributed by atoms with Crippen molar-refractivity contribution in [3.05, 3.63) is 52.8 Å². The third-order valence-corrected chi connectivity index (χ3v) is 3.97. The maximum atomic E-state index is 13.5. The van der Waals surface area contributed by atoms with Gasteiger partial charge in [-0.3, -0.25) is 4.79 Å². The van der Waals surface area contributed by atoms with Crippen molar-refractivity contribution in [2.24, 2.45) is 0 Å². The lowest BCUT2D eigenvalue weighted by atomic mass is 10.2. The number of methoxy groups -OCH3 is 1. The number of hydrogen-bond acceptors (Lipinski definition) is 5. The molecule has 2 aromatic rings. The third-order valence-electron chi connectivity index (χ3n) is 3.69. The Kier molecular flexibility index (Phi) is 8.07. The first-order chi connectivity index (χ1) is 13.5. The van der Waals surface area contributed by atoms with Crippen LogP contribution in [0.2, 0.25) is 5.02 Å². The molecule has 0 aliphatic heterocycles. The molecule has 28 heavy (non-hydrogen) atoms. The van der Waals surface area contributed by atoms with Crippen molar-refractivity contribution < 1.29 is 28.2 Å². The first kappa shape index (κ1) is 21.5. The first-order valence-corrected chi connectivity index (χ1v) is 9.05. The molecule has 2 rings (SSSR count). The number of unbranched alkanes of at least 4 members (excludes halogenated alkanes) is 1. The van der Waals surface area contributed by atoms with Crippen molar-refractivity contribution >= 4 is 29.2 Å². The highest BCUT2D eigenvalue weighted by atomic mass is 35.5. The Morgan fingerprint density at radius 1 is 1.21 bits per heavy atom. The summed E-state index contributed by atoms with van der Waals surface area (Å²) < 4.78 is 29.3. The second-order valence-corrected chi connectivity index (χ2v) is 6.20. The van der Waals surface area contributed by atoms with Crippen molar-refractivity contribution in [2.75, 3.05) is 25.6 Å². The number of para-hydroxylation sites is 1. The summed E-state index contributed by atoms with van der Waals surface area (Å²) in [5.74, 6) is -1.41. The van der Waals surface area contributed by atoms with Crippen LogP contribution >= 0.6 is 11.6 Å². The Balaban J connectivity index is 2.00. The second-order valence-electron chi connectivity index (χ2n) is 5.80. The minimum atomic E-state index is -0.774. The maximum Gasteiger partial charge on any atom is 0.338 e. The number of benzene rings is 2. The number of halogens is 2. The van der Waals surface area contributed by atoms with Crippen molar-refractivity contribution in [3.8, 4) is 11.5 Å². The van der Waals surface area contributed by atoms with E-state index in [1.54, 1.807) is 6.07 Å². The summed E-state index contributed by atoms with van der Waals surface area (Å²) in [6.07, 6.45) is 1.81. The minimum Gasteiger partial charge on any atom is -0.493 e. The number of anilines is 1. The van der Waals surface area contributed by atoms with Gasteiger partial charge in [0, 0.05) is 0 Å². The van der Waals surface area contributed by atoms with Crippen LogP contribution in [-0.2, 0) is 9.53 Å². The van der Waals surface area contributed by atoms with Gasteiger partial charge in [0.2, 0.25) is 0 Å². The summed E-state index contributed by atoms with van der Waals surface area (Å²) in [7, 11) is 1.43. The number of carbonyl (C=O) groups excluding carboxylic acids is 2. The number of rotatable bonds is 9. The van der Waals surface area contributed by atoms with E-state index in [1.807, 2.05) is 6.92 Å². The second kappa shape index (κ2) is 10.5. The largest absolute Gasteiger partial charge is 0.493 e. The van der Waals surface area contributed by atoms with Crippen molar-refractivity contribution in [2.45, 2.75) is 19.8 Å². The van der Waals surface area contributed by atoms with E-state index in [1.165, 1.54) is 37.4 Å². The lowest BCUT2D eigenvalue weighted by Gasteiger charge is -2.14. The van der Waals surface area contributed by atoms with Crippen molar-refractivity contribution in [1.29, 1.82) is 0 Å². The van der Waals surface area contributed by atoms with Crippen LogP contribution in [-0.4, -0.2) is 32.2 Å². The molecule has 0 spiro atoms. The molecule has 0 bridgehead atoms. The molecule has 8 heteroatoms. The topological polar surface area (TPSA) is 73.9 Å². The Morgan fingerprint density at radius 3 is 2.64 bits per heavy atom.